The van der Waals surface area contributed by atoms with Crippen molar-refractivity contribution in [2.24, 2.45) is 0 Å². The van der Waals surface area contributed by atoms with Gasteiger partial charge in [0.2, 0.25) is 0 Å². The average molecular weight is 404 g/mol. The van der Waals surface area contributed by atoms with E-state index in [2.05, 4.69) is 15.7 Å². The van der Waals surface area contributed by atoms with Crippen molar-refractivity contribution in [3.05, 3.63) is 77.5 Å². The van der Waals surface area contributed by atoms with Crippen LogP contribution in [0, 0.1) is 0 Å². The largest absolute Gasteiger partial charge is 0.418 e. The standard InChI is InChI=1S/C20H19F3N4O2/c21-20(22,23)16-3-1-2-4-17(16)24-13-14-5-7-15(8-6-14)19(29)25-18-9-10-27(26-18)11-12-28/h1-10,24,28H,11-13H2,(H,25,26,29). The minimum absolute atomic E-state index is 0.000264. The van der Waals surface area contributed by atoms with E-state index in [1.165, 1.54) is 22.9 Å². The number of hydrogen-bond donors (Lipinski definition) is 3. The van der Waals surface area contributed by atoms with Crippen LogP contribution in [0.2, 0.25) is 0 Å². The number of nitrogens with zero attached hydrogens (tertiary/aromatic N) is 2. The molecular weight excluding hydrogens is 385 g/mol. The van der Waals surface area contributed by atoms with Gasteiger partial charge in [-0.3, -0.25) is 9.48 Å². The number of alkyl halides is 3. The SMILES string of the molecule is O=C(Nc1ccn(CCO)n1)c1ccc(CNc2ccccc2C(F)(F)F)cc1. The molecule has 0 bridgehead atoms. The number of carbonyl (C=O) groups is 1. The van der Waals surface area contributed by atoms with Gasteiger partial charge in [-0.1, -0.05) is 24.3 Å². The lowest BCUT2D eigenvalue weighted by Gasteiger charge is -2.14. The van der Waals surface area contributed by atoms with Crippen molar-refractivity contribution in [1.29, 1.82) is 0 Å². The zero-order chi connectivity index (χ0) is 20.9. The van der Waals surface area contributed by atoms with Crippen molar-refractivity contribution in [1.82, 2.24) is 9.78 Å². The molecule has 0 saturated carbocycles. The van der Waals surface area contributed by atoms with Crippen LogP contribution in [0.1, 0.15) is 21.5 Å². The zero-order valence-corrected chi connectivity index (χ0v) is 15.3. The van der Waals surface area contributed by atoms with Gasteiger partial charge in [0.15, 0.2) is 5.82 Å². The third-order valence-corrected chi connectivity index (χ3v) is 4.14. The summed E-state index contributed by atoms with van der Waals surface area (Å²) >= 11 is 0. The van der Waals surface area contributed by atoms with Crippen molar-refractivity contribution in [3.63, 3.8) is 0 Å². The maximum Gasteiger partial charge on any atom is 0.418 e. The first-order chi connectivity index (χ1) is 13.9. The van der Waals surface area contributed by atoms with Crippen molar-refractivity contribution < 1.29 is 23.1 Å². The molecule has 3 rings (SSSR count). The molecule has 0 aliphatic heterocycles. The predicted molar refractivity (Wildman–Crippen MR) is 102 cm³/mol. The van der Waals surface area contributed by atoms with E-state index in [0.717, 1.165) is 11.6 Å². The van der Waals surface area contributed by atoms with Gasteiger partial charge in [0.25, 0.3) is 5.91 Å². The first kappa shape index (κ1) is 20.4. The first-order valence-electron chi connectivity index (χ1n) is 8.81. The number of amides is 1. The molecule has 0 saturated heterocycles. The van der Waals surface area contributed by atoms with E-state index < -0.39 is 11.7 Å². The Morgan fingerprint density at radius 1 is 1.07 bits per heavy atom. The third-order valence-electron chi connectivity index (χ3n) is 4.14. The summed E-state index contributed by atoms with van der Waals surface area (Å²) in [5, 5.41) is 18.4. The van der Waals surface area contributed by atoms with Crippen molar-refractivity contribution in [2.75, 3.05) is 17.2 Å². The van der Waals surface area contributed by atoms with Gasteiger partial charge < -0.3 is 15.7 Å². The molecule has 0 aliphatic carbocycles. The monoisotopic (exact) mass is 404 g/mol. The molecular formula is C20H19F3N4O2. The Bertz CT molecular complexity index is 968. The van der Waals surface area contributed by atoms with E-state index in [9.17, 15) is 18.0 Å². The molecule has 9 heteroatoms. The van der Waals surface area contributed by atoms with E-state index in [0.29, 0.717) is 17.9 Å². The molecule has 3 N–H and O–H groups in total. The smallest absolute Gasteiger partial charge is 0.394 e. The second-order valence-corrected chi connectivity index (χ2v) is 6.24. The van der Waals surface area contributed by atoms with Crippen LogP contribution in [0.25, 0.3) is 0 Å². The first-order valence-corrected chi connectivity index (χ1v) is 8.81. The number of halogens is 3. The lowest BCUT2D eigenvalue weighted by atomic mass is 10.1. The number of aromatic nitrogens is 2. The number of aliphatic hydroxyl groups excluding tert-OH is 1. The molecule has 152 valence electrons. The summed E-state index contributed by atoms with van der Waals surface area (Å²) in [4.78, 5) is 12.3. The van der Waals surface area contributed by atoms with Gasteiger partial charge in [-0.2, -0.15) is 18.3 Å². The van der Waals surface area contributed by atoms with Gasteiger partial charge >= 0.3 is 6.18 Å². The number of nitrogens with one attached hydrogen (secondary N) is 2. The lowest BCUT2D eigenvalue weighted by molar-refractivity contribution is -0.137. The molecule has 6 nitrogen and oxygen atoms in total. The second kappa shape index (κ2) is 8.78. The minimum atomic E-state index is -4.43. The minimum Gasteiger partial charge on any atom is -0.394 e. The summed E-state index contributed by atoms with van der Waals surface area (Å²) in [6.07, 6.45) is -2.80. The Morgan fingerprint density at radius 3 is 2.48 bits per heavy atom. The van der Waals surface area contributed by atoms with Crippen LogP contribution in [-0.2, 0) is 19.3 Å². The number of aliphatic hydroxyl groups is 1. The predicted octanol–water partition coefficient (Wildman–Crippen LogP) is 3.76. The lowest BCUT2D eigenvalue weighted by Crippen LogP contribution is -2.13. The van der Waals surface area contributed by atoms with Crippen molar-refractivity contribution >= 4 is 17.4 Å². The fraction of sp³-hybridized carbons (Fsp3) is 0.200. The number of rotatable bonds is 7. The van der Waals surface area contributed by atoms with Gasteiger partial charge in [0.05, 0.1) is 18.7 Å². The molecule has 0 atom stereocenters. The number of anilines is 2. The molecule has 29 heavy (non-hydrogen) atoms. The van der Waals surface area contributed by atoms with E-state index in [4.69, 9.17) is 5.11 Å². The Balaban J connectivity index is 1.61. The molecule has 0 spiro atoms. The van der Waals surface area contributed by atoms with Crippen molar-refractivity contribution in [2.45, 2.75) is 19.3 Å². The van der Waals surface area contributed by atoms with Gasteiger partial charge in [0, 0.05) is 30.1 Å². The van der Waals surface area contributed by atoms with Gasteiger partial charge in [-0.15, -0.1) is 0 Å². The normalized spacial score (nSPS) is 11.3. The van der Waals surface area contributed by atoms with Crippen LogP contribution in [0.3, 0.4) is 0 Å². The summed E-state index contributed by atoms with van der Waals surface area (Å²) in [5.74, 6) is -0.000810. The fourth-order valence-corrected chi connectivity index (χ4v) is 2.70. The van der Waals surface area contributed by atoms with Crippen molar-refractivity contribution in [3.8, 4) is 0 Å². The highest BCUT2D eigenvalue weighted by atomic mass is 19.4. The van der Waals surface area contributed by atoms with E-state index in [1.807, 2.05) is 0 Å². The summed E-state index contributed by atoms with van der Waals surface area (Å²) < 4.78 is 40.6. The number of carbonyl (C=O) groups excluding carboxylic acids is 1. The topological polar surface area (TPSA) is 79.2 Å². The zero-order valence-electron chi connectivity index (χ0n) is 15.3. The Hall–Kier alpha value is -3.33. The Kier molecular flexibility index (Phi) is 6.18. The molecule has 0 aliphatic rings. The maximum atomic E-state index is 13.0. The van der Waals surface area contributed by atoms with Crippen LogP contribution in [0.4, 0.5) is 24.7 Å². The van der Waals surface area contributed by atoms with E-state index in [-0.39, 0.29) is 24.7 Å². The molecule has 1 heterocycles. The number of hydrogen-bond acceptors (Lipinski definition) is 4. The van der Waals surface area contributed by atoms with Gasteiger partial charge in [-0.05, 0) is 29.8 Å². The number of para-hydroxylation sites is 1. The number of benzene rings is 2. The Morgan fingerprint density at radius 2 is 1.79 bits per heavy atom. The summed E-state index contributed by atoms with van der Waals surface area (Å²) in [6, 6.07) is 13.4. The molecule has 0 radical (unpaired) electrons. The average Bonchev–Trinajstić information content (AvgIpc) is 3.13. The maximum absolute atomic E-state index is 13.0. The van der Waals surface area contributed by atoms with Gasteiger partial charge in [-0.25, -0.2) is 0 Å². The summed E-state index contributed by atoms with van der Waals surface area (Å²) in [7, 11) is 0. The summed E-state index contributed by atoms with van der Waals surface area (Å²) in [6.45, 7) is 0.452. The van der Waals surface area contributed by atoms with E-state index in [1.54, 1.807) is 36.5 Å². The van der Waals surface area contributed by atoms with Crippen LogP contribution < -0.4 is 10.6 Å². The van der Waals surface area contributed by atoms with Crippen LogP contribution in [-0.4, -0.2) is 27.4 Å². The molecule has 1 amide bonds. The van der Waals surface area contributed by atoms with Crippen LogP contribution in [0.15, 0.2) is 60.8 Å². The highest BCUT2D eigenvalue weighted by molar-refractivity contribution is 6.03. The fourth-order valence-electron chi connectivity index (χ4n) is 2.70. The Labute approximate surface area is 165 Å². The highest BCUT2D eigenvalue weighted by Crippen LogP contribution is 2.34. The van der Waals surface area contributed by atoms with Crippen LogP contribution >= 0.6 is 0 Å². The highest BCUT2D eigenvalue weighted by Gasteiger charge is 2.33. The molecule has 0 fully saturated rings. The summed E-state index contributed by atoms with van der Waals surface area (Å²) in [5.41, 5.74) is 0.392. The molecule has 0 unspecified atom stereocenters. The quantitative estimate of drug-likeness (QED) is 0.560. The second-order valence-electron chi connectivity index (χ2n) is 6.24. The van der Waals surface area contributed by atoms with Gasteiger partial charge in [0.1, 0.15) is 0 Å². The third kappa shape index (κ3) is 5.35. The molecule has 3 aromatic rings. The van der Waals surface area contributed by atoms with Crippen LogP contribution in [0.5, 0.6) is 0 Å². The molecule has 2 aromatic carbocycles. The van der Waals surface area contributed by atoms with E-state index >= 15 is 0 Å². The molecule has 1 aromatic heterocycles.